The van der Waals surface area contributed by atoms with Crippen molar-refractivity contribution in [3.63, 3.8) is 0 Å². The first kappa shape index (κ1) is 11.7. The zero-order valence-electron chi connectivity index (χ0n) is 9.95. The number of hydrogen-bond acceptors (Lipinski definition) is 6. The van der Waals surface area contributed by atoms with Gasteiger partial charge in [0.15, 0.2) is 11.5 Å². The first-order valence-corrected chi connectivity index (χ1v) is 5.84. The summed E-state index contributed by atoms with van der Waals surface area (Å²) in [4.78, 5) is 6.37. The Morgan fingerprint density at radius 3 is 3.00 bits per heavy atom. The molecule has 2 heterocycles. The Balaban J connectivity index is 2.30. The number of hydrogen-bond donors (Lipinski definition) is 1. The van der Waals surface area contributed by atoms with Crippen molar-refractivity contribution in [2.45, 2.75) is 19.8 Å². The molecule has 0 saturated heterocycles. The Hall–Kier alpha value is -1.76. The number of anilines is 1. The van der Waals surface area contributed by atoms with Crippen LogP contribution in [0.1, 0.15) is 19.8 Å². The van der Waals surface area contributed by atoms with E-state index in [-0.39, 0.29) is 0 Å². The van der Waals surface area contributed by atoms with E-state index in [4.69, 9.17) is 5.73 Å². The van der Waals surface area contributed by atoms with Gasteiger partial charge in [-0.1, -0.05) is 6.92 Å². The molecular formula is C10H17N7. The molecule has 7 heteroatoms. The van der Waals surface area contributed by atoms with E-state index >= 15 is 0 Å². The molecule has 0 aromatic carbocycles. The maximum atomic E-state index is 5.55. The lowest BCUT2D eigenvalue weighted by Crippen LogP contribution is -2.29. The molecule has 7 nitrogen and oxygen atoms in total. The fourth-order valence-corrected chi connectivity index (χ4v) is 1.77. The fourth-order valence-electron chi connectivity index (χ4n) is 1.77. The van der Waals surface area contributed by atoms with Crippen LogP contribution in [0.2, 0.25) is 0 Å². The summed E-state index contributed by atoms with van der Waals surface area (Å²) in [5.41, 5.74) is 6.22. The van der Waals surface area contributed by atoms with Gasteiger partial charge >= 0.3 is 0 Å². The minimum atomic E-state index is 0.663. The van der Waals surface area contributed by atoms with Crippen molar-refractivity contribution in [3.8, 4) is 0 Å². The van der Waals surface area contributed by atoms with Gasteiger partial charge in [0.1, 0.15) is 0 Å². The molecule has 92 valence electrons. The van der Waals surface area contributed by atoms with Crippen molar-refractivity contribution in [1.29, 1.82) is 0 Å². The Bertz CT molecular complexity index is 466. The van der Waals surface area contributed by atoms with Crippen LogP contribution in [0.5, 0.6) is 0 Å². The largest absolute Gasteiger partial charge is 0.355 e. The van der Waals surface area contributed by atoms with Crippen LogP contribution in [0.4, 0.5) is 5.82 Å². The van der Waals surface area contributed by atoms with Crippen molar-refractivity contribution in [1.82, 2.24) is 25.0 Å². The molecule has 0 atom stereocenters. The second-order valence-corrected chi connectivity index (χ2v) is 3.84. The monoisotopic (exact) mass is 235 g/mol. The third-order valence-corrected chi connectivity index (χ3v) is 2.54. The molecule has 0 amide bonds. The van der Waals surface area contributed by atoms with E-state index in [9.17, 15) is 0 Å². The average molecular weight is 235 g/mol. The van der Waals surface area contributed by atoms with Crippen molar-refractivity contribution in [2.75, 3.05) is 24.5 Å². The zero-order chi connectivity index (χ0) is 12.1. The molecule has 0 unspecified atom stereocenters. The molecule has 0 aliphatic heterocycles. The smallest absolute Gasteiger partial charge is 0.199 e. The minimum Gasteiger partial charge on any atom is -0.355 e. The highest BCUT2D eigenvalue weighted by atomic mass is 15.5. The maximum Gasteiger partial charge on any atom is 0.199 e. The SMILES string of the molecule is CCCN(CCCN)c1cncc2nnnn12. The summed E-state index contributed by atoms with van der Waals surface area (Å²) < 4.78 is 1.71. The third kappa shape index (κ3) is 2.50. The van der Waals surface area contributed by atoms with Crippen molar-refractivity contribution in [3.05, 3.63) is 12.4 Å². The Morgan fingerprint density at radius 1 is 1.35 bits per heavy atom. The third-order valence-electron chi connectivity index (χ3n) is 2.54. The molecule has 0 radical (unpaired) electrons. The van der Waals surface area contributed by atoms with Crippen LogP contribution >= 0.6 is 0 Å². The molecule has 0 spiro atoms. The zero-order valence-corrected chi connectivity index (χ0v) is 9.95. The summed E-state index contributed by atoms with van der Waals surface area (Å²) in [5.74, 6) is 0.919. The van der Waals surface area contributed by atoms with Crippen LogP contribution in [0.3, 0.4) is 0 Å². The Morgan fingerprint density at radius 2 is 2.24 bits per heavy atom. The van der Waals surface area contributed by atoms with E-state index in [2.05, 4.69) is 32.3 Å². The molecule has 0 fully saturated rings. The quantitative estimate of drug-likeness (QED) is 0.763. The highest BCUT2D eigenvalue weighted by molar-refractivity contribution is 5.45. The Labute approximate surface area is 99.6 Å². The van der Waals surface area contributed by atoms with Crippen molar-refractivity contribution >= 4 is 11.5 Å². The maximum absolute atomic E-state index is 5.55. The number of nitrogens with zero attached hydrogens (tertiary/aromatic N) is 6. The predicted molar refractivity (Wildman–Crippen MR) is 64.8 cm³/mol. The van der Waals surface area contributed by atoms with Gasteiger partial charge in [-0.3, -0.25) is 4.98 Å². The van der Waals surface area contributed by atoms with Crippen LogP contribution in [0.15, 0.2) is 12.4 Å². The van der Waals surface area contributed by atoms with E-state index < -0.39 is 0 Å². The number of rotatable bonds is 6. The lowest BCUT2D eigenvalue weighted by atomic mass is 10.3. The molecule has 0 aliphatic carbocycles. The molecule has 17 heavy (non-hydrogen) atoms. The van der Waals surface area contributed by atoms with Gasteiger partial charge in [-0.15, -0.1) is 5.10 Å². The first-order chi connectivity index (χ1) is 8.36. The topological polar surface area (TPSA) is 85.2 Å². The number of fused-ring (bicyclic) bond motifs is 1. The number of aromatic nitrogens is 5. The highest BCUT2D eigenvalue weighted by Gasteiger charge is 2.11. The Kier molecular flexibility index (Phi) is 3.81. The van der Waals surface area contributed by atoms with E-state index in [1.165, 1.54) is 0 Å². The molecule has 2 N–H and O–H groups in total. The van der Waals surface area contributed by atoms with Crippen LogP contribution in [-0.4, -0.2) is 44.7 Å². The van der Waals surface area contributed by atoms with Gasteiger partial charge in [0.2, 0.25) is 0 Å². The standard InChI is InChI=1S/C10H17N7/c1-2-5-16(6-3-4-11)10-8-12-7-9-13-14-15-17(9)10/h7-8H,2-6,11H2,1H3. The molecule has 2 aromatic rings. The second kappa shape index (κ2) is 5.53. The summed E-state index contributed by atoms with van der Waals surface area (Å²) in [7, 11) is 0. The van der Waals surface area contributed by atoms with Gasteiger partial charge in [-0.2, -0.15) is 4.52 Å². The highest BCUT2D eigenvalue weighted by Crippen LogP contribution is 2.13. The summed E-state index contributed by atoms with van der Waals surface area (Å²) in [6.07, 6.45) is 5.44. The summed E-state index contributed by atoms with van der Waals surface area (Å²) in [5, 5.41) is 11.5. The van der Waals surface area contributed by atoms with Crippen molar-refractivity contribution in [2.24, 2.45) is 5.73 Å². The number of nitrogens with two attached hydrogens (primary N) is 1. The first-order valence-electron chi connectivity index (χ1n) is 5.84. The summed E-state index contributed by atoms with van der Waals surface area (Å²) in [6, 6.07) is 0. The van der Waals surface area contributed by atoms with Gasteiger partial charge in [-0.25, -0.2) is 0 Å². The van der Waals surface area contributed by atoms with E-state index in [1.54, 1.807) is 16.9 Å². The molecule has 0 aliphatic rings. The average Bonchev–Trinajstić information content (AvgIpc) is 2.82. The van der Waals surface area contributed by atoms with Gasteiger partial charge in [0.05, 0.1) is 12.4 Å². The summed E-state index contributed by atoms with van der Waals surface area (Å²) >= 11 is 0. The normalized spacial score (nSPS) is 10.9. The predicted octanol–water partition coefficient (Wildman–Crippen LogP) is 0.0845. The van der Waals surface area contributed by atoms with Gasteiger partial charge in [0, 0.05) is 13.1 Å². The van der Waals surface area contributed by atoms with Crippen LogP contribution in [0, 0.1) is 0 Å². The van der Waals surface area contributed by atoms with Crippen LogP contribution in [0.25, 0.3) is 5.65 Å². The lowest BCUT2D eigenvalue weighted by Gasteiger charge is -2.23. The molecule has 2 rings (SSSR count). The molecular weight excluding hydrogens is 218 g/mol. The number of tetrazole rings is 1. The molecule has 0 bridgehead atoms. The second-order valence-electron chi connectivity index (χ2n) is 3.84. The van der Waals surface area contributed by atoms with Gasteiger partial charge in [-0.05, 0) is 29.8 Å². The van der Waals surface area contributed by atoms with Crippen molar-refractivity contribution < 1.29 is 0 Å². The fraction of sp³-hybridized carbons (Fsp3) is 0.600. The molecule has 2 aromatic heterocycles. The van der Waals surface area contributed by atoms with E-state index in [0.29, 0.717) is 12.2 Å². The summed E-state index contributed by atoms with van der Waals surface area (Å²) in [6.45, 7) is 4.66. The van der Waals surface area contributed by atoms with Crippen LogP contribution < -0.4 is 10.6 Å². The van der Waals surface area contributed by atoms with E-state index in [0.717, 1.165) is 31.7 Å². The lowest BCUT2D eigenvalue weighted by molar-refractivity contribution is 0.689. The van der Waals surface area contributed by atoms with Crippen LogP contribution in [-0.2, 0) is 0 Å². The molecule has 0 saturated carbocycles. The van der Waals surface area contributed by atoms with Gasteiger partial charge < -0.3 is 10.6 Å². The van der Waals surface area contributed by atoms with Gasteiger partial charge in [0.25, 0.3) is 0 Å². The van der Waals surface area contributed by atoms with E-state index in [1.807, 2.05) is 0 Å². The minimum absolute atomic E-state index is 0.663.